The molecule has 0 aromatic carbocycles. The van der Waals surface area contributed by atoms with Gasteiger partial charge in [-0.3, -0.25) is 0 Å². The van der Waals surface area contributed by atoms with Crippen molar-refractivity contribution >= 4 is 12.2 Å². The Bertz CT molecular complexity index is 309. The fraction of sp³-hybridized carbons (Fsp3) is 0.667. The molecule has 2 nitrogen and oxygen atoms in total. The fourth-order valence-electron chi connectivity index (χ4n) is 1.30. The minimum atomic E-state index is 0.398. The van der Waals surface area contributed by atoms with Gasteiger partial charge in [0.25, 0.3) is 0 Å². The SMILES string of the molecule is CC(C)c1o[nH]c(=S)c1C(C)C. The lowest BCUT2D eigenvalue weighted by Gasteiger charge is -2.05. The van der Waals surface area contributed by atoms with Gasteiger partial charge >= 0.3 is 0 Å². The van der Waals surface area contributed by atoms with E-state index in [4.69, 9.17) is 16.7 Å². The fourth-order valence-corrected chi connectivity index (χ4v) is 1.68. The highest BCUT2D eigenvalue weighted by atomic mass is 32.1. The molecule has 1 aromatic rings. The first-order valence-electron chi connectivity index (χ1n) is 4.25. The molecule has 0 radical (unpaired) electrons. The third kappa shape index (κ3) is 1.61. The van der Waals surface area contributed by atoms with Crippen molar-refractivity contribution in [2.45, 2.75) is 39.5 Å². The van der Waals surface area contributed by atoms with E-state index in [2.05, 4.69) is 32.9 Å². The highest BCUT2D eigenvalue weighted by molar-refractivity contribution is 7.71. The lowest BCUT2D eigenvalue weighted by molar-refractivity contribution is 0.367. The smallest absolute Gasteiger partial charge is 0.141 e. The summed E-state index contributed by atoms with van der Waals surface area (Å²) in [4.78, 5) is 0. The standard InChI is InChI=1S/C9H15NOS/c1-5(2)7-8(6(3)4)11-10-9(7)12/h5-6H,1-4H3,(H,10,12). The number of aromatic nitrogens is 1. The average molecular weight is 185 g/mol. The minimum Gasteiger partial charge on any atom is -0.385 e. The number of H-pyrrole nitrogens is 1. The summed E-state index contributed by atoms with van der Waals surface area (Å²) in [6, 6.07) is 0. The maximum atomic E-state index is 5.29. The Morgan fingerprint density at radius 1 is 1.17 bits per heavy atom. The molecule has 0 amide bonds. The first-order chi connectivity index (χ1) is 5.54. The second-order valence-electron chi connectivity index (χ2n) is 3.62. The Morgan fingerprint density at radius 2 is 1.75 bits per heavy atom. The Morgan fingerprint density at radius 3 is 2.08 bits per heavy atom. The summed E-state index contributed by atoms with van der Waals surface area (Å²) in [6.07, 6.45) is 0. The molecule has 1 rings (SSSR count). The van der Waals surface area contributed by atoms with Crippen LogP contribution >= 0.6 is 12.2 Å². The van der Waals surface area contributed by atoms with Gasteiger partial charge in [-0.05, 0) is 5.92 Å². The Hall–Kier alpha value is -0.570. The van der Waals surface area contributed by atoms with Crippen molar-refractivity contribution in [1.29, 1.82) is 0 Å². The topological polar surface area (TPSA) is 28.9 Å². The van der Waals surface area contributed by atoms with Gasteiger partial charge in [-0.2, -0.15) is 0 Å². The van der Waals surface area contributed by atoms with E-state index in [9.17, 15) is 0 Å². The van der Waals surface area contributed by atoms with E-state index < -0.39 is 0 Å². The van der Waals surface area contributed by atoms with Gasteiger partial charge < -0.3 is 4.52 Å². The summed E-state index contributed by atoms with van der Waals surface area (Å²) in [5, 5.41) is 2.74. The third-order valence-electron chi connectivity index (χ3n) is 1.87. The zero-order valence-corrected chi connectivity index (χ0v) is 8.79. The van der Waals surface area contributed by atoms with Crippen LogP contribution in [0.1, 0.15) is 50.9 Å². The van der Waals surface area contributed by atoms with Crippen LogP contribution in [0.15, 0.2) is 4.52 Å². The lowest BCUT2D eigenvalue weighted by Crippen LogP contribution is -1.94. The molecule has 0 unspecified atom stereocenters. The van der Waals surface area contributed by atoms with Crippen molar-refractivity contribution in [2.75, 3.05) is 0 Å². The van der Waals surface area contributed by atoms with Crippen molar-refractivity contribution in [2.24, 2.45) is 0 Å². The molecule has 1 heterocycles. The summed E-state index contributed by atoms with van der Waals surface area (Å²) in [6.45, 7) is 8.46. The van der Waals surface area contributed by atoms with Crippen LogP contribution in [0.5, 0.6) is 0 Å². The van der Waals surface area contributed by atoms with Crippen LogP contribution in [0.25, 0.3) is 0 Å². The van der Waals surface area contributed by atoms with Gasteiger partial charge in [0.2, 0.25) is 0 Å². The van der Waals surface area contributed by atoms with Gasteiger partial charge in [-0.1, -0.05) is 39.9 Å². The molecule has 0 saturated carbocycles. The van der Waals surface area contributed by atoms with E-state index in [1.165, 1.54) is 0 Å². The highest BCUT2D eigenvalue weighted by Crippen LogP contribution is 2.26. The van der Waals surface area contributed by atoms with E-state index in [1.54, 1.807) is 0 Å². The predicted octanol–water partition coefficient (Wildman–Crippen LogP) is 3.58. The summed E-state index contributed by atoms with van der Waals surface area (Å²) in [5.74, 6) is 1.83. The zero-order valence-electron chi connectivity index (χ0n) is 7.97. The van der Waals surface area contributed by atoms with Gasteiger partial charge in [0.1, 0.15) is 10.4 Å². The molecule has 0 bridgehead atoms. The van der Waals surface area contributed by atoms with E-state index in [0.717, 1.165) is 16.0 Å². The molecular weight excluding hydrogens is 170 g/mol. The number of rotatable bonds is 2. The molecule has 0 aliphatic carbocycles. The van der Waals surface area contributed by atoms with Gasteiger partial charge in [-0.15, -0.1) is 0 Å². The van der Waals surface area contributed by atoms with Crippen LogP contribution in [0.4, 0.5) is 0 Å². The first-order valence-corrected chi connectivity index (χ1v) is 4.66. The van der Waals surface area contributed by atoms with Crippen molar-refractivity contribution < 1.29 is 4.52 Å². The predicted molar refractivity (Wildman–Crippen MR) is 52.1 cm³/mol. The second kappa shape index (κ2) is 3.44. The maximum Gasteiger partial charge on any atom is 0.141 e. The van der Waals surface area contributed by atoms with Crippen LogP contribution < -0.4 is 0 Å². The summed E-state index contributed by atoms with van der Waals surface area (Å²) >= 11 is 5.12. The molecule has 0 spiro atoms. The molecule has 0 atom stereocenters. The van der Waals surface area contributed by atoms with Crippen molar-refractivity contribution in [3.8, 4) is 0 Å². The lowest BCUT2D eigenvalue weighted by atomic mass is 9.99. The maximum absolute atomic E-state index is 5.29. The van der Waals surface area contributed by atoms with Crippen LogP contribution in [0, 0.1) is 4.64 Å². The van der Waals surface area contributed by atoms with Crippen LogP contribution in [-0.2, 0) is 0 Å². The van der Waals surface area contributed by atoms with Crippen LogP contribution in [-0.4, -0.2) is 5.16 Å². The second-order valence-corrected chi connectivity index (χ2v) is 4.03. The number of hydrogen-bond donors (Lipinski definition) is 1. The number of hydrogen-bond acceptors (Lipinski definition) is 2. The zero-order chi connectivity index (χ0) is 9.30. The highest BCUT2D eigenvalue weighted by Gasteiger charge is 2.15. The molecule has 0 fully saturated rings. The van der Waals surface area contributed by atoms with E-state index in [0.29, 0.717) is 11.8 Å². The quantitative estimate of drug-likeness (QED) is 0.713. The molecule has 1 aromatic heterocycles. The summed E-state index contributed by atoms with van der Waals surface area (Å²) in [5.41, 5.74) is 1.15. The van der Waals surface area contributed by atoms with Gasteiger partial charge in [0.15, 0.2) is 0 Å². The molecule has 0 saturated heterocycles. The average Bonchev–Trinajstić information content (AvgIpc) is 2.30. The van der Waals surface area contributed by atoms with Crippen molar-refractivity contribution in [3.05, 3.63) is 16.0 Å². The van der Waals surface area contributed by atoms with Gasteiger partial charge in [0.05, 0.1) is 0 Å². The molecule has 0 aliphatic rings. The molecule has 68 valence electrons. The van der Waals surface area contributed by atoms with E-state index >= 15 is 0 Å². The largest absolute Gasteiger partial charge is 0.385 e. The molecule has 0 aliphatic heterocycles. The van der Waals surface area contributed by atoms with E-state index in [-0.39, 0.29) is 0 Å². The third-order valence-corrected chi connectivity index (χ3v) is 2.17. The first kappa shape index (κ1) is 9.52. The minimum absolute atomic E-state index is 0.398. The van der Waals surface area contributed by atoms with Crippen molar-refractivity contribution in [1.82, 2.24) is 5.16 Å². The summed E-state index contributed by atoms with van der Waals surface area (Å²) in [7, 11) is 0. The molecule has 1 N–H and O–H groups in total. The monoisotopic (exact) mass is 185 g/mol. The molecular formula is C9H15NOS. The van der Waals surface area contributed by atoms with Crippen molar-refractivity contribution in [3.63, 3.8) is 0 Å². The van der Waals surface area contributed by atoms with Gasteiger partial charge in [0, 0.05) is 11.5 Å². The van der Waals surface area contributed by atoms with Crippen LogP contribution in [0.3, 0.4) is 0 Å². The molecule has 12 heavy (non-hydrogen) atoms. The number of nitrogens with one attached hydrogen (secondary N) is 1. The Labute approximate surface area is 77.9 Å². The Kier molecular flexibility index (Phi) is 2.73. The Balaban J connectivity index is 3.22. The molecule has 3 heteroatoms. The van der Waals surface area contributed by atoms with Gasteiger partial charge in [-0.25, -0.2) is 5.16 Å². The normalized spacial score (nSPS) is 11.5. The van der Waals surface area contributed by atoms with E-state index in [1.807, 2.05) is 0 Å². The van der Waals surface area contributed by atoms with Crippen LogP contribution in [0.2, 0.25) is 0 Å². The summed E-state index contributed by atoms with van der Waals surface area (Å²) < 4.78 is 6.03. The number of aromatic amines is 1.